The highest BCUT2D eigenvalue weighted by molar-refractivity contribution is 9.10. The maximum Gasteiger partial charge on any atom is 0.196 e. The number of rotatable bonds is 4. The predicted molar refractivity (Wildman–Crippen MR) is 87.1 cm³/mol. The molecule has 0 atom stereocenters. The molecule has 0 aromatic heterocycles. The number of hydrogen-bond acceptors (Lipinski definition) is 3. The number of ether oxygens (including phenoxy) is 2. The molecule has 110 valence electrons. The van der Waals surface area contributed by atoms with Crippen molar-refractivity contribution in [1.29, 1.82) is 0 Å². The van der Waals surface area contributed by atoms with Crippen molar-refractivity contribution in [2.75, 3.05) is 14.2 Å². The van der Waals surface area contributed by atoms with Crippen LogP contribution in [0.5, 0.6) is 11.5 Å². The van der Waals surface area contributed by atoms with Crippen molar-refractivity contribution in [2.24, 2.45) is 0 Å². The number of halogens is 3. The lowest BCUT2D eigenvalue weighted by atomic mass is 10.0. The van der Waals surface area contributed by atoms with Gasteiger partial charge >= 0.3 is 0 Å². The first-order chi connectivity index (χ1) is 9.97. The van der Waals surface area contributed by atoms with Gasteiger partial charge in [0.2, 0.25) is 0 Å². The van der Waals surface area contributed by atoms with Gasteiger partial charge in [0.05, 0.1) is 19.8 Å². The highest BCUT2D eigenvalue weighted by Crippen LogP contribution is 2.38. The average Bonchev–Trinajstić information content (AvgIpc) is 2.45. The minimum Gasteiger partial charge on any atom is -0.495 e. The topological polar surface area (TPSA) is 35.5 Å². The smallest absolute Gasteiger partial charge is 0.196 e. The Bertz CT molecular complexity index is 681. The fourth-order valence-electron chi connectivity index (χ4n) is 1.91. The van der Waals surface area contributed by atoms with E-state index in [1.165, 1.54) is 14.2 Å². The van der Waals surface area contributed by atoms with Crippen LogP contribution in [0.2, 0.25) is 10.0 Å². The maximum atomic E-state index is 12.6. The first kappa shape index (κ1) is 16.1. The molecule has 2 aromatic carbocycles. The zero-order valence-corrected chi connectivity index (χ0v) is 14.3. The minimum absolute atomic E-state index is 0.236. The van der Waals surface area contributed by atoms with Crippen LogP contribution in [0.3, 0.4) is 0 Å². The molecule has 0 fully saturated rings. The molecule has 0 heterocycles. The van der Waals surface area contributed by atoms with Gasteiger partial charge in [-0.1, -0.05) is 23.2 Å². The molecular formula is C15H11BrCl2O3. The first-order valence-corrected chi connectivity index (χ1v) is 7.44. The highest BCUT2D eigenvalue weighted by atomic mass is 79.9. The number of ketones is 1. The van der Waals surface area contributed by atoms with Crippen LogP contribution in [0.1, 0.15) is 15.9 Å². The molecule has 0 saturated carbocycles. The summed E-state index contributed by atoms with van der Waals surface area (Å²) in [5, 5.41) is 0.801. The molecule has 2 aromatic rings. The monoisotopic (exact) mass is 388 g/mol. The summed E-state index contributed by atoms with van der Waals surface area (Å²) in [6.07, 6.45) is 0. The van der Waals surface area contributed by atoms with Crippen molar-refractivity contribution in [2.45, 2.75) is 0 Å². The van der Waals surface area contributed by atoms with Gasteiger partial charge in [0, 0.05) is 15.6 Å². The van der Waals surface area contributed by atoms with Crippen LogP contribution in [0.4, 0.5) is 0 Å². The number of methoxy groups -OCH3 is 2. The second-order valence-corrected chi connectivity index (χ2v) is 5.82. The van der Waals surface area contributed by atoms with Gasteiger partial charge in [-0.2, -0.15) is 0 Å². The van der Waals surface area contributed by atoms with E-state index in [-0.39, 0.29) is 5.78 Å². The molecule has 0 aliphatic heterocycles. The van der Waals surface area contributed by atoms with Crippen LogP contribution in [0, 0.1) is 0 Å². The molecule has 0 aliphatic rings. The number of carbonyl (C=O) groups excluding carboxylic acids is 1. The normalized spacial score (nSPS) is 10.3. The second kappa shape index (κ2) is 6.69. The standard InChI is InChI=1S/C15H11BrCl2O3/c1-20-12-4-3-11(15(21-2)13(12)16)14(19)8-5-9(17)7-10(18)6-8/h3-7H,1-2H3. The van der Waals surface area contributed by atoms with Gasteiger partial charge < -0.3 is 9.47 Å². The Morgan fingerprint density at radius 3 is 2.19 bits per heavy atom. The maximum absolute atomic E-state index is 12.6. The third-order valence-corrected chi connectivity index (χ3v) is 4.04. The largest absolute Gasteiger partial charge is 0.495 e. The van der Waals surface area contributed by atoms with Crippen molar-refractivity contribution >= 4 is 44.9 Å². The number of carbonyl (C=O) groups is 1. The molecule has 3 nitrogen and oxygen atoms in total. The van der Waals surface area contributed by atoms with Crippen LogP contribution in [-0.4, -0.2) is 20.0 Å². The van der Waals surface area contributed by atoms with Gasteiger partial charge in [0.25, 0.3) is 0 Å². The molecular weight excluding hydrogens is 379 g/mol. The zero-order valence-electron chi connectivity index (χ0n) is 11.2. The SMILES string of the molecule is COc1ccc(C(=O)c2cc(Cl)cc(Cl)c2)c(OC)c1Br. The van der Waals surface area contributed by atoms with Gasteiger partial charge in [-0.05, 0) is 46.3 Å². The van der Waals surface area contributed by atoms with Crippen LogP contribution in [0.25, 0.3) is 0 Å². The summed E-state index contributed by atoms with van der Waals surface area (Å²) in [6.45, 7) is 0. The quantitative estimate of drug-likeness (QED) is 0.690. The van der Waals surface area contributed by atoms with E-state index in [2.05, 4.69) is 15.9 Å². The summed E-state index contributed by atoms with van der Waals surface area (Å²) < 4.78 is 11.1. The summed E-state index contributed by atoms with van der Waals surface area (Å²) >= 11 is 15.2. The summed E-state index contributed by atoms with van der Waals surface area (Å²) in [5.74, 6) is 0.738. The number of hydrogen-bond donors (Lipinski definition) is 0. The van der Waals surface area contributed by atoms with Crippen molar-refractivity contribution < 1.29 is 14.3 Å². The summed E-state index contributed by atoms with van der Waals surface area (Å²) in [7, 11) is 3.03. The lowest BCUT2D eigenvalue weighted by Crippen LogP contribution is -2.05. The van der Waals surface area contributed by atoms with E-state index in [9.17, 15) is 4.79 Å². The van der Waals surface area contributed by atoms with Gasteiger partial charge in [0.15, 0.2) is 5.78 Å². The Hall–Kier alpha value is -1.23. The van der Waals surface area contributed by atoms with Crippen molar-refractivity contribution in [3.63, 3.8) is 0 Å². The van der Waals surface area contributed by atoms with Crippen molar-refractivity contribution in [3.8, 4) is 11.5 Å². The Morgan fingerprint density at radius 1 is 1.05 bits per heavy atom. The number of benzene rings is 2. The molecule has 0 saturated heterocycles. The Morgan fingerprint density at radius 2 is 1.67 bits per heavy atom. The Kier molecular flexibility index (Phi) is 5.14. The third-order valence-electron chi connectivity index (χ3n) is 2.86. The van der Waals surface area contributed by atoms with E-state index in [0.29, 0.717) is 37.1 Å². The minimum atomic E-state index is -0.236. The van der Waals surface area contributed by atoms with E-state index in [0.717, 1.165) is 0 Å². The first-order valence-electron chi connectivity index (χ1n) is 5.89. The molecule has 6 heteroatoms. The summed E-state index contributed by atoms with van der Waals surface area (Å²) in [4.78, 5) is 12.6. The molecule has 0 radical (unpaired) electrons. The molecule has 0 amide bonds. The van der Waals surface area contributed by atoms with Crippen LogP contribution < -0.4 is 9.47 Å². The van der Waals surface area contributed by atoms with Gasteiger partial charge in [-0.3, -0.25) is 4.79 Å². The lowest BCUT2D eigenvalue weighted by molar-refractivity contribution is 0.103. The second-order valence-electron chi connectivity index (χ2n) is 4.15. The molecule has 21 heavy (non-hydrogen) atoms. The molecule has 0 aliphatic carbocycles. The van der Waals surface area contributed by atoms with E-state index in [1.54, 1.807) is 30.3 Å². The highest BCUT2D eigenvalue weighted by Gasteiger charge is 2.20. The lowest BCUT2D eigenvalue weighted by Gasteiger charge is -2.13. The van der Waals surface area contributed by atoms with E-state index < -0.39 is 0 Å². The van der Waals surface area contributed by atoms with Gasteiger partial charge in [-0.15, -0.1) is 0 Å². The molecule has 2 rings (SSSR count). The van der Waals surface area contributed by atoms with E-state index in [4.69, 9.17) is 32.7 Å². The summed E-state index contributed by atoms with van der Waals surface area (Å²) in [5.41, 5.74) is 0.784. The predicted octanol–water partition coefficient (Wildman–Crippen LogP) is 5.00. The molecule has 0 N–H and O–H groups in total. The molecule has 0 unspecified atom stereocenters. The fraction of sp³-hybridized carbons (Fsp3) is 0.133. The molecule has 0 spiro atoms. The van der Waals surface area contributed by atoms with Crippen LogP contribution in [0.15, 0.2) is 34.8 Å². The Balaban J connectivity index is 2.55. The fourth-order valence-corrected chi connectivity index (χ4v) is 3.11. The van der Waals surface area contributed by atoms with E-state index >= 15 is 0 Å². The Labute approximate surface area is 140 Å². The summed E-state index contributed by atoms with van der Waals surface area (Å²) in [6, 6.07) is 8.02. The van der Waals surface area contributed by atoms with Gasteiger partial charge in [0.1, 0.15) is 16.0 Å². The zero-order chi connectivity index (χ0) is 15.6. The van der Waals surface area contributed by atoms with Crippen LogP contribution in [-0.2, 0) is 0 Å². The average molecular weight is 390 g/mol. The van der Waals surface area contributed by atoms with Crippen molar-refractivity contribution in [1.82, 2.24) is 0 Å². The molecule has 0 bridgehead atoms. The third kappa shape index (κ3) is 3.34. The van der Waals surface area contributed by atoms with Crippen molar-refractivity contribution in [3.05, 3.63) is 56.0 Å². The van der Waals surface area contributed by atoms with Crippen LogP contribution >= 0.6 is 39.1 Å². The van der Waals surface area contributed by atoms with Gasteiger partial charge in [-0.25, -0.2) is 0 Å². The van der Waals surface area contributed by atoms with E-state index in [1.807, 2.05) is 0 Å².